The van der Waals surface area contributed by atoms with Gasteiger partial charge in [0, 0.05) is 43.6 Å². The van der Waals surface area contributed by atoms with Crippen molar-refractivity contribution in [3.8, 4) is 0 Å². The number of rotatable bonds is 3. The van der Waals surface area contributed by atoms with Crippen LogP contribution in [0.4, 0.5) is 0 Å². The number of hydrogen-bond acceptors (Lipinski definition) is 4. The van der Waals surface area contributed by atoms with E-state index in [-0.39, 0.29) is 6.04 Å². The maximum Gasteiger partial charge on any atom is 0.150 e. The number of imidazole rings is 1. The number of hydrogen-bond donors (Lipinski definition) is 0. The molecule has 1 aliphatic rings. The van der Waals surface area contributed by atoms with Crippen molar-refractivity contribution in [2.45, 2.75) is 45.8 Å². The van der Waals surface area contributed by atoms with Crippen molar-refractivity contribution in [1.29, 1.82) is 0 Å². The maximum atomic E-state index is 4.46. The molecule has 120 valence electrons. The molecular formula is C17H22N6. The Morgan fingerprint density at radius 2 is 2.09 bits per heavy atom. The lowest BCUT2D eigenvalue weighted by Gasteiger charge is -2.34. The normalized spacial score (nSPS) is 18.7. The highest BCUT2D eigenvalue weighted by molar-refractivity contribution is 5.39. The van der Waals surface area contributed by atoms with Gasteiger partial charge in [-0.1, -0.05) is 19.9 Å². The van der Waals surface area contributed by atoms with Crippen LogP contribution in [0.3, 0.4) is 0 Å². The summed E-state index contributed by atoms with van der Waals surface area (Å²) in [5.74, 6) is 2.59. The SMILES string of the molecule is CC(C)c1nnc2n1CCN(Cc1cccc3nccn13)C2C. The Bertz CT molecular complexity index is 831. The number of aromatic nitrogens is 5. The first kappa shape index (κ1) is 14.4. The van der Waals surface area contributed by atoms with Crippen LogP contribution in [0.25, 0.3) is 5.65 Å². The summed E-state index contributed by atoms with van der Waals surface area (Å²) in [7, 11) is 0. The Labute approximate surface area is 135 Å². The third-order valence-corrected chi connectivity index (χ3v) is 4.73. The molecule has 3 aromatic rings. The molecule has 1 unspecified atom stereocenters. The first-order chi connectivity index (χ1) is 11.1. The molecule has 6 heteroatoms. The lowest BCUT2D eigenvalue weighted by atomic mass is 10.1. The lowest BCUT2D eigenvalue weighted by Crippen LogP contribution is -2.37. The molecule has 23 heavy (non-hydrogen) atoms. The van der Waals surface area contributed by atoms with E-state index in [1.807, 2.05) is 18.5 Å². The van der Waals surface area contributed by atoms with Gasteiger partial charge in [-0.2, -0.15) is 0 Å². The zero-order chi connectivity index (χ0) is 16.0. The van der Waals surface area contributed by atoms with E-state index in [1.54, 1.807) is 0 Å². The summed E-state index contributed by atoms with van der Waals surface area (Å²) >= 11 is 0. The molecule has 0 N–H and O–H groups in total. The topological polar surface area (TPSA) is 51.2 Å². The van der Waals surface area contributed by atoms with Crippen LogP contribution in [-0.2, 0) is 13.1 Å². The second-order valence-corrected chi connectivity index (χ2v) is 6.54. The van der Waals surface area contributed by atoms with Crippen LogP contribution in [0.5, 0.6) is 0 Å². The van der Waals surface area contributed by atoms with Gasteiger partial charge in [-0.05, 0) is 19.1 Å². The fraction of sp³-hybridized carbons (Fsp3) is 0.471. The van der Waals surface area contributed by atoms with Gasteiger partial charge in [0.2, 0.25) is 0 Å². The summed E-state index contributed by atoms with van der Waals surface area (Å²) in [5.41, 5.74) is 2.25. The molecule has 6 nitrogen and oxygen atoms in total. The molecule has 0 saturated carbocycles. The maximum absolute atomic E-state index is 4.46. The zero-order valence-corrected chi connectivity index (χ0v) is 13.8. The van der Waals surface area contributed by atoms with E-state index in [9.17, 15) is 0 Å². The predicted octanol–water partition coefficient (Wildman–Crippen LogP) is 2.63. The Hall–Kier alpha value is -2.21. The van der Waals surface area contributed by atoms with Crippen molar-refractivity contribution >= 4 is 5.65 Å². The van der Waals surface area contributed by atoms with Gasteiger partial charge in [-0.25, -0.2) is 4.98 Å². The van der Waals surface area contributed by atoms with Gasteiger partial charge in [0.05, 0.1) is 6.04 Å². The third-order valence-electron chi connectivity index (χ3n) is 4.73. The molecule has 0 aliphatic carbocycles. The van der Waals surface area contributed by atoms with Crippen molar-refractivity contribution in [3.05, 3.63) is 47.9 Å². The minimum absolute atomic E-state index is 0.266. The Balaban J connectivity index is 1.62. The van der Waals surface area contributed by atoms with E-state index in [1.165, 1.54) is 5.69 Å². The van der Waals surface area contributed by atoms with Crippen molar-refractivity contribution in [3.63, 3.8) is 0 Å². The van der Waals surface area contributed by atoms with Gasteiger partial charge in [0.25, 0.3) is 0 Å². The highest BCUT2D eigenvalue weighted by atomic mass is 15.4. The van der Waals surface area contributed by atoms with Crippen molar-refractivity contribution in [1.82, 2.24) is 29.0 Å². The van der Waals surface area contributed by atoms with Gasteiger partial charge in [0.1, 0.15) is 17.3 Å². The highest BCUT2D eigenvalue weighted by Crippen LogP contribution is 2.28. The van der Waals surface area contributed by atoms with Crippen LogP contribution in [0, 0.1) is 0 Å². The molecule has 4 rings (SSSR count). The van der Waals surface area contributed by atoms with E-state index in [2.05, 4.69) is 62.0 Å². The van der Waals surface area contributed by atoms with Crippen molar-refractivity contribution < 1.29 is 0 Å². The van der Waals surface area contributed by atoms with Crippen molar-refractivity contribution in [2.75, 3.05) is 6.54 Å². The fourth-order valence-electron chi connectivity index (χ4n) is 3.44. The van der Waals surface area contributed by atoms with E-state index in [0.29, 0.717) is 5.92 Å². The number of pyridine rings is 1. The first-order valence-electron chi connectivity index (χ1n) is 8.23. The molecular weight excluding hydrogens is 288 g/mol. The Morgan fingerprint density at radius 3 is 2.91 bits per heavy atom. The second-order valence-electron chi connectivity index (χ2n) is 6.54. The monoisotopic (exact) mass is 310 g/mol. The summed E-state index contributed by atoms with van der Waals surface area (Å²) < 4.78 is 4.45. The smallest absolute Gasteiger partial charge is 0.150 e. The molecule has 1 aliphatic heterocycles. The van der Waals surface area contributed by atoms with Gasteiger partial charge in [-0.15, -0.1) is 10.2 Å². The molecule has 1 atom stereocenters. The van der Waals surface area contributed by atoms with Crippen LogP contribution in [0.15, 0.2) is 30.6 Å². The molecule has 4 heterocycles. The predicted molar refractivity (Wildman–Crippen MR) is 88.1 cm³/mol. The fourth-order valence-corrected chi connectivity index (χ4v) is 3.44. The van der Waals surface area contributed by atoms with Crippen LogP contribution >= 0.6 is 0 Å². The second kappa shape index (κ2) is 5.45. The largest absolute Gasteiger partial charge is 0.312 e. The number of fused-ring (bicyclic) bond motifs is 2. The van der Waals surface area contributed by atoms with Gasteiger partial charge >= 0.3 is 0 Å². The Morgan fingerprint density at radius 1 is 1.22 bits per heavy atom. The minimum Gasteiger partial charge on any atom is -0.312 e. The van der Waals surface area contributed by atoms with Crippen LogP contribution < -0.4 is 0 Å². The zero-order valence-electron chi connectivity index (χ0n) is 13.8. The lowest BCUT2D eigenvalue weighted by molar-refractivity contribution is 0.152. The summed E-state index contributed by atoms with van der Waals surface area (Å²) in [4.78, 5) is 6.83. The van der Waals surface area contributed by atoms with Crippen LogP contribution in [0.2, 0.25) is 0 Å². The third kappa shape index (κ3) is 2.34. The van der Waals surface area contributed by atoms with Gasteiger partial charge in [0.15, 0.2) is 0 Å². The summed E-state index contributed by atoms with van der Waals surface area (Å²) in [5, 5.41) is 8.86. The average Bonchev–Trinajstić information content (AvgIpc) is 3.17. The minimum atomic E-state index is 0.266. The van der Waals surface area contributed by atoms with Gasteiger partial charge in [-0.3, -0.25) is 4.90 Å². The van der Waals surface area contributed by atoms with Crippen LogP contribution in [-0.4, -0.2) is 35.6 Å². The molecule has 3 aromatic heterocycles. The van der Waals surface area contributed by atoms with E-state index in [0.717, 1.165) is 36.9 Å². The molecule has 0 amide bonds. The van der Waals surface area contributed by atoms with Crippen molar-refractivity contribution in [2.24, 2.45) is 0 Å². The Kier molecular flexibility index (Phi) is 3.41. The molecule has 0 spiro atoms. The summed E-state index contributed by atoms with van der Waals surface area (Å²) in [6, 6.07) is 6.54. The van der Waals surface area contributed by atoms with Gasteiger partial charge < -0.3 is 8.97 Å². The summed E-state index contributed by atoms with van der Waals surface area (Å²) in [6.07, 6.45) is 3.88. The molecule has 0 bridgehead atoms. The molecule has 0 aromatic carbocycles. The van der Waals surface area contributed by atoms with E-state index < -0.39 is 0 Å². The number of nitrogens with zero attached hydrogens (tertiary/aromatic N) is 6. The first-order valence-corrected chi connectivity index (χ1v) is 8.23. The molecule has 0 fully saturated rings. The van der Waals surface area contributed by atoms with E-state index in [4.69, 9.17) is 0 Å². The highest BCUT2D eigenvalue weighted by Gasteiger charge is 2.29. The average molecular weight is 310 g/mol. The summed E-state index contributed by atoms with van der Waals surface area (Å²) in [6.45, 7) is 9.43. The molecule has 0 saturated heterocycles. The standard InChI is InChI=1S/C17H22N6/c1-12(2)16-19-20-17-13(3)21(9-10-23(16)17)11-14-5-4-6-15-18-7-8-22(14)15/h4-8,12-13H,9-11H2,1-3H3. The van der Waals surface area contributed by atoms with E-state index >= 15 is 0 Å². The quantitative estimate of drug-likeness (QED) is 0.746. The van der Waals surface area contributed by atoms with Crippen LogP contribution in [0.1, 0.15) is 50.1 Å². The molecule has 0 radical (unpaired) electrons.